The van der Waals surface area contributed by atoms with Gasteiger partial charge in [-0.3, -0.25) is 9.59 Å². The second-order valence-electron chi connectivity index (χ2n) is 8.53. The Hall–Kier alpha value is -2.60. The molecule has 2 aliphatic rings. The maximum Gasteiger partial charge on any atom is 0.251 e. The first-order valence-corrected chi connectivity index (χ1v) is 10.7. The van der Waals surface area contributed by atoms with Crippen molar-refractivity contribution < 1.29 is 9.59 Å². The van der Waals surface area contributed by atoms with E-state index >= 15 is 0 Å². The number of amides is 2. The highest BCUT2D eigenvalue weighted by Crippen LogP contribution is 2.37. The molecular weight excluding hydrogens is 400 g/mol. The average molecular weight is 427 g/mol. The molecule has 1 aromatic carbocycles. The van der Waals surface area contributed by atoms with E-state index in [-0.39, 0.29) is 24.4 Å². The van der Waals surface area contributed by atoms with Crippen LogP contribution in [0.1, 0.15) is 31.4 Å². The van der Waals surface area contributed by atoms with Crippen molar-refractivity contribution in [3.05, 3.63) is 58.7 Å². The van der Waals surface area contributed by atoms with Gasteiger partial charge in [-0.1, -0.05) is 29.8 Å². The molecular formula is C23H27ClN4O2. The monoisotopic (exact) mass is 426 g/mol. The van der Waals surface area contributed by atoms with Crippen molar-refractivity contribution in [1.82, 2.24) is 14.8 Å². The molecule has 2 saturated heterocycles. The Balaban J connectivity index is 1.68. The number of rotatable bonds is 4. The number of aromatic nitrogens is 1. The van der Waals surface area contributed by atoms with Crippen LogP contribution in [0.2, 0.25) is 5.02 Å². The highest BCUT2D eigenvalue weighted by atomic mass is 35.5. The third-order valence-electron chi connectivity index (χ3n) is 6.13. The lowest BCUT2D eigenvalue weighted by atomic mass is 9.89. The first kappa shape index (κ1) is 20.7. The van der Waals surface area contributed by atoms with Gasteiger partial charge in [0.05, 0.1) is 6.54 Å². The van der Waals surface area contributed by atoms with Gasteiger partial charge >= 0.3 is 0 Å². The summed E-state index contributed by atoms with van der Waals surface area (Å²) >= 11 is 6.02. The van der Waals surface area contributed by atoms with Gasteiger partial charge in [0.25, 0.3) is 5.91 Å². The van der Waals surface area contributed by atoms with Gasteiger partial charge in [-0.15, -0.1) is 0 Å². The summed E-state index contributed by atoms with van der Waals surface area (Å²) in [7, 11) is 0. The van der Waals surface area contributed by atoms with E-state index in [0.717, 1.165) is 16.9 Å². The summed E-state index contributed by atoms with van der Waals surface area (Å²) in [6.45, 7) is 7.56. The number of pyridine rings is 1. The van der Waals surface area contributed by atoms with Crippen molar-refractivity contribution in [3.63, 3.8) is 0 Å². The van der Waals surface area contributed by atoms with Gasteiger partial charge in [0.1, 0.15) is 17.9 Å². The number of benzene rings is 1. The van der Waals surface area contributed by atoms with Crippen LogP contribution in [-0.4, -0.2) is 57.8 Å². The number of hydrogen-bond donors (Lipinski definition) is 0. The Morgan fingerprint density at radius 3 is 2.50 bits per heavy atom. The number of piperazine rings is 1. The Kier molecular flexibility index (Phi) is 5.45. The second-order valence-corrected chi connectivity index (χ2v) is 8.97. The minimum Gasteiger partial charge on any atom is -0.354 e. The fraction of sp³-hybridized carbons (Fsp3) is 0.435. The third-order valence-corrected chi connectivity index (χ3v) is 6.38. The van der Waals surface area contributed by atoms with Crippen molar-refractivity contribution in [2.24, 2.45) is 0 Å². The van der Waals surface area contributed by atoms with Gasteiger partial charge in [0.2, 0.25) is 5.91 Å². The summed E-state index contributed by atoms with van der Waals surface area (Å²) in [6, 6.07) is 11.4. The predicted octanol–water partition coefficient (Wildman–Crippen LogP) is 3.27. The van der Waals surface area contributed by atoms with E-state index in [1.54, 1.807) is 9.80 Å². The third kappa shape index (κ3) is 3.65. The molecule has 1 spiro atoms. The molecule has 30 heavy (non-hydrogen) atoms. The Labute approximate surface area is 182 Å². The van der Waals surface area contributed by atoms with Crippen LogP contribution in [0, 0.1) is 6.92 Å². The molecule has 2 amide bonds. The standard InChI is InChI=1S/C23H27ClN4O2/c1-16(2)27-14-21(29)28(13-18-5-7-19(24)8-6-18)23(22(27)30)10-11-26(15-23)20-9-4-17(3)12-25-20/h4-9,12,16H,10-11,13-15H2,1-3H3. The maximum absolute atomic E-state index is 13.7. The number of anilines is 1. The van der Waals surface area contributed by atoms with Crippen LogP contribution in [0.5, 0.6) is 0 Å². The maximum atomic E-state index is 13.7. The van der Waals surface area contributed by atoms with Gasteiger partial charge in [-0.25, -0.2) is 4.98 Å². The number of aryl methyl sites for hydroxylation is 1. The van der Waals surface area contributed by atoms with E-state index in [1.165, 1.54) is 0 Å². The molecule has 0 N–H and O–H groups in total. The Morgan fingerprint density at radius 1 is 1.13 bits per heavy atom. The topological polar surface area (TPSA) is 56.8 Å². The number of nitrogens with zero attached hydrogens (tertiary/aromatic N) is 4. The number of carbonyl (C=O) groups excluding carboxylic acids is 2. The summed E-state index contributed by atoms with van der Waals surface area (Å²) in [5.41, 5.74) is 1.17. The van der Waals surface area contributed by atoms with Crippen LogP contribution in [-0.2, 0) is 16.1 Å². The molecule has 2 fully saturated rings. The molecule has 2 aliphatic heterocycles. The van der Waals surface area contributed by atoms with Gasteiger partial charge in [-0.05, 0) is 56.5 Å². The van der Waals surface area contributed by atoms with Crippen LogP contribution in [0.3, 0.4) is 0 Å². The summed E-state index contributed by atoms with van der Waals surface area (Å²) in [6.07, 6.45) is 2.42. The normalized spacial score (nSPS) is 22.0. The SMILES string of the molecule is Cc1ccc(N2CCC3(C2)C(=O)N(C(C)C)CC(=O)N3Cc2ccc(Cl)cc2)nc1. The first-order chi connectivity index (χ1) is 14.3. The zero-order valence-electron chi connectivity index (χ0n) is 17.6. The van der Waals surface area contributed by atoms with E-state index in [1.807, 2.05) is 63.4 Å². The van der Waals surface area contributed by atoms with E-state index in [0.29, 0.717) is 31.1 Å². The van der Waals surface area contributed by atoms with Crippen LogP contribution in [0.25, 0.3) is 0 Å². The highest BCUT2D eigenvalue weighted by molar-refractivity contribution is 6.30. The van der Waals surface area contributed by atoms with Crippen molar-refractivity contribution in [2.45, 2.75) is 45.3 Å². The van der Waals surface area contributed by atoms with Gasteiger partial charge < -0.3 is 14.7 Å². The number of carbonyl (C=O) groups is 2. The lowest BCUT2D eigenvalue weighted by Crippen LogP contribution is -2.69. The van der Waals surface area contributed by atoms with E-state index < -0.39 is 5.54 Å². The van der Waals surface area contributed by atoms with E-state index in [9.17, 15) is 9.59 Å². The lowest BCUT2D eigenvalue weighted by Gasteiger charge is -2.48. The fourth-order valence-corrected chi connectivity index (χ4v) is 4.51. The average Bonchev–Trinajstić information content (AvgIpc) is 3.16. The molecule has 7 heteroatoms. The zero-order valence-corrected chi connectivity index (χ0v) is 18.4. The summed E-state index contributed by atoms with van der Waals surface area (Å²) < 4.78 is 0. The molecule has 3 heterocycles. The largest absolute Gasteiger partial charge is 0.354 e. The van der Waals surface area contributed by atoms with Crippen molar-refractivity contribution >= 4 is 29.2 Å². The van der Waals surface area contributed by atoms with E-state index in [2.05, 4.69) is 9.88 Å². The molecule has 158 valence electrons. The zero-order chi connectivity index (χ0) is 21.5. The molecule has 0 aliphatic carbocycles. The van der Waals surface area contributed by atoms with Gasteiger partial charge in [0, 0.05) is 30.4 Å². The van der Waals surface area contributed by atoms with E-state index in [4.69, 9.17) is 11.6 Å². The quantitative estimate of drug-likeness (QED) is 0.752. The second kappa shape index (κ2) is 7.91. The van der Waals surface area contributed by atoms with Crippen LogP contribution >= 0.6 is 11.6 Å². The van der Waals surface area contributed by atoms with Crippen LogP contribution in [0.15, 0.2) is 42.6 Å². The molecule has 0 radical (unpaired) electrons. The van der Waals surface area contributed by atoms with Crippen molar-refractivity contribution in [1.29, 1.82) is 0 Å². The Morgan fingerprint density at radius 2 is 1.87 bits per heavy atom. The number of halogens is 1. The number of hydrogen-bond acceptors (Lipinski definition) is 4. The van der Waals surface area contributed by atoms with Crippen molar-refractivity contribution in [2.75, 3.05) is 24.5 Å². The Bertz CT molecular complexity index is 945. The van der Waals surface area contributed by atoms with Crippen molar-refractivity contribution in [3.8, 4) is 0 Å². The smallest absolute Gasteiger partial charge is 0.251 e. The van der Waals surface area contributed by atoms with Gasteiger partial charge in [-0.2, -0.15) is 0 Å². The molecule has 6 nitrogen and oxygen atoms in total. The van der Waals surface area contributed by atoms with Crippen LogP contribution < -0.4 is 4.90 Å². The summed E-state index contributed by atoms with van der Waals surface area (Å²) in [5, 5.41) is 0.651. The van der Waals surface area contributed by atoms with Gasteiger partial charge in [0.15, 0.2) is 0 Å². The summed E-state index contributed by atoms with van der Waals surface area (Å²) in [4.78, 5) is 37.1. The predicted molar refractivity (Wildman–Crippen MR) is 117 cm³/mol. The van der Waals surface area contributed by atoms with Crippen LogP contribution in [0.4, 0.5) is 5.82 Å². The summed E-state index contributed by atoms with van der Waals surface area (Å²) in [5.74, 6) is 0.850. The molecule has 0 bridgehead atoms. The molecule has 1 unspecified atom stereocenters. The molecule has 1 aromatic heterocycles. The highest BCUT2D eigenvalue weighted by Gasteiger charge is 2.56. The minimum absolute atomic E-state index is 0.0167. The first-order valence-electron chi connectivity index (χ1n) is 10.3. The molecule has 2 aromatic rings. The lowest BCUT2D eigenvalue weighted by molar-refractivity contribution is -0.166. The minimum atomic E-state index is -0.883. The molecule has 4 rings (SSSR count). The fourth-order valence-electron chi connectivity index (χ4n) is 4.38. The molecule has 1 atom stereocenters. The molecule has 0 saturated carbocycles.